The third-order valence-corrected chi connectivity index (χ3v) is 4.63. The molecule has 4 nitrogen and oxygen atoms in total. The van der Waals surface area contributed by atoms with E-state index in [0.717, 1.165) is 28.3 Å². The molecule has 0 N–H and O–H groups in total. The number of pyridine rings is 1. The van der Waals surface area contributed by atoms with E-state index in [0.29, 0.717) is 0 Å². The maximum Gasteiger partial charge on any atom is 0.206 e. The maximum atomic E-state index is 4.63. The van der Waals surface area contributed by atoms with Crippen molar-refractivity contribution in [1.29, 1.82) is 0 Å². The largest absolute Gasteiger partial charge is 0.258 e. The highest BCUT2D eigenvalue weighted by Crippen LogP contribution is 2.22. The van der Waals surface area contributed by atoms with Gasteiger partial charge in [0.15, 0.2) is 0 Å². The fraction of sp³-hybridized carbons (Fsp3) is 0.211. The third kappa shape index (κ3) is 3.51. The zero-order valence-electron chi connectivity index (χ0n) is 14.1. The van der Waals surface area contributed by atoms with Crippen molar-refractivity contribution in [1.82, 2.24) is 9.66 Å². The second-order valence-corrected chi connectivity index (χ2v) is 6.32. The average Bonchev–Trinajstić information content (AvgIpc) is 2.99. The fourth-order valence-corrected chi connectivity index (χ4v) is 3.22. The van der Waals surface area contributed by atoms with Gasteiger partial charge in [-0.2, -0.15) is 5.10 Å². The van der Waals surface area contributed by atoms with E-state index in [4.69, 9.17) is 0 Å². The molecule has 0 saturated carbocycles. The summed E-state index contributed by atoms with van der Waals surface area (Å²) in [4.78, 5) is 9.73. The van der Waals surface area contributed by atoms with Gasteiger partial charge < -0.3 is 0 Å². The minimum Gasteiger partial charge on any atom is -0.258 e. The first-order valence-electron chi connectivity index (χ1n) is 7.93. The predicted molar refractivity (Wildman–Crippen MR) is 101 cm³/mol. The first-order chi connectivity index (χ1) is 11.7. The zero-order valence-corrected chi connectivity index (χ0v) is 14.9. The van der Waals surface area contributed by atoms with Crippen LogP contribution < -0.4 is 4.80 Å². The van der Waals surface area contributed by atoms with E-state index in [1.807, 2.05) is 29.8 Å². The van der Waals surface area contributed by atoms with Gasteiger partial charge in [0.25, 0.3) is 0 Å². The molecule has 2 heterocycles. The second-order valence-electron chi connectivity index (χ2n) is 5.49. The zero-order chi connectivity index (χ0) is 16.9. The van der Waals surface area contributed by atoms with Crippen molar-refractivity contribution in [2.45, 2.75) is 20.8 Å². The number of rotatable bonds is 4. The minimum atomic E-state index is 0.728. The molecular weight excluding hydrogens is 316 g/mol. The lowest BCUT2D eigenvalue weighted by Crippen LogP contribution is -2.12. The molecule has 0 bridgehead atoms. The topological polar surface area (TPSA) is 42.5 Å². The Hall–Kier alpha value is -2.53. The molecule has 24 heavy (non-hydrogen) atoms. The number of hydrogen-bond acceptors (Lipinski definition) is 4. The van der Waals surface area contributed by atoms with E-state index in [9.17, 15) is 0 Å². The van der Waals surface area contributed by atoms with Crippen molar-refractivity contribution < 1.29 is 0 Å². The van der Waals surface area contributed by atoms with Gasteiger partial charge >= 0.3 is 0 Å². The first kappa shape index (κ1) is 16.3. The van der Waals surface area contributed by atoms with Crippen LogP contribution in [-0.2, 0) is 0 Å². The SMILES string of the molecule is CCN=c1scc(-c2ccc(C)c(C)c2)n1N=Cc1ccccn1. The smallest absolute Gasteiger partial charge is 0.206 e. The van der Waals surface area contributed by atoms with Crippen molar-refractivity contribution in [2.24, 2.45) is 10.1 Å². The maximum absolute atomic E-state index is 4.63. The van der Waals surface area contributed by atoms with Crippen molar-refractivity contribution in [3.63, 3.8) is 0 Å². The molecule has 0 spiro atoms. The van der Waals surface area contributed by atoms with E-state index in [2.05, 4.69) is 52.5 Å². The normalized spacial score (nSPS) is 12.2. The van der Waals surface area contributed by atoms with Crippen LogP contribution in [0.5, 0.6) is 0 Å². The molecular formula is C19H20N4S. The number of benzene rings is 1. The Balaban J connectivity index is 2.09. The second kappa shape index (κ2) is 7.36. The van der Waals surface area contributed by atoms with E-state index in [-0.39, 0.29) is 0 Å². The van der Waals surface area contributed by atoms with Crippen LogP contribution in [0.25, 0.3) is 11.3 Å². The van der Waals surface area contributed by atoms with E-state index < -0.39 is 0 Å². The van der Waals surface area contributed by atoms with Gasteiger partial charge in [0, 0.05) is 23.7 Å². The molecule has 0 unspecified atom stereocenters. The van der Waals surface area contributed by atoms with Gasteiger partial charge in [-0.3, -0.25) is 9.98 Å². The summed E-state index contributed by atoms with van der Waals surface area (Å²) in [6.07, 6.45) is 3.53. The van der Waals surface area contributed by atoms with E-state index in [1.165, 1.54) is 11.1 Å². The standard InChI is InChI=1S/C19H20N4S/c1-4-20-19-23(22-12-17-7-5-6-10-21-17)18(13-24-19)16-9-8-14(2)15(3)11-16/h5-13H,4H2,1-3H3. The Kier molecular flexibility index (Phi) is 5.01. The van der Waals surface area contributed by atoms with E-state index >= 15 is 0 Å². The Bertz CT molecular complexity index is 920. The Morgan fingerprint density at radius 2 is 2.04 bits per heavy atom. The Morgan fingerprint density at radius 3 is 2.75 bits per heavy atom. The van der Waals surface area contributed by atoms with Crippen LogP contribution in [0, 0.1) is 13.8 Å². The Morgan fingerprint density at radius 1 is 1.17 bits per heavy atom. The van der Waals surface area contributed by atoms with Crippen molar-refractivity contribution in [3.05, 3.63) is 69.6 Å². The van der Waals surface area contributed by atoms with Gasteiger partial charge in [0.2, 0.25) is 4.80 Å². The highest BCUT2D eigenvalue weighted by atomic mass is 32.1. The number of thiazole rings is 1. The van der Waals surface area contributed by atoms with Gasteiger partial charge in [-0.1, -0.05) is 18.2 Å². The molecule has 0 amide bonds. The lowest BCUT2D eigenvalue weighted by molar-refractivity contribution is 0.832. The van der Waals surface area contributed by atoms with Crippen molar-refractivity contribution in [2.75, 3.05) is 6.54 Å². The molecule has 1 aromatic carbocycles. The van der Waals surface area contributed by atoms with Crippen LogP contribution in [-0.4, -0.2) is 22.4 Å². The van der Waals surface area contributed by atoms with Gasteiger partial charge in [-0.15, -0.1) is 11.3 Å². The van der Waals surface area contributed by atoms with Crippen molar-refractivity contribution >= 4 is 17.6 Å². The number of nitrogens with zero attached hydrogens (tertiary/aromatic N) is 4. The minimum absolute atomic E-state index is 0.728. The summed E-state index contributed by atoms with van der Waals surface area (Å²) >= 11 is 1.60. The Labute approximate surface area is 145 Å². The van der Waals surface area contributed by atoms with Crippen LogP contribution in [0.3, 0.4) is 0 Å². The molecule has 3 aromatic rings. The molecule has 0 radical (unpaired) electrons. The predicted octanol–water partition coefficient (Wildman–Crippen LogP) is 4.03. The number of hydrogen-bond donors (Lipinski definition) is 0. The van der Waals surface area contributed by atoms with Crippen LogP contribution in [0.4, 0.5) is 0 Å². The molecule has 0 aliphatic rings. The van der Waals surface area contributed by atoms with Gasteiger partial charge in [0.05, 0.1) is 17.6 Å². The fourth-order valence-electron chi connectivity index (χ4n) is 2.32. The summed E-state index contributed by atoms with van der Waals surface area (Å²) in [6, 6.07) is 12.3. The molecule has 0 aliphatic heterocycles. The van der Waals surface area contributed by atoms with Gasteiger partial charge in [-0.05, 0) is 50.1 Å². The molecule has 122 valence electrons. The molecule has 5 heteroatoms. The van der Waals surface area contributed by atoms with Crippen LogP contribution in [0.1, 0.15) is 23.7 Å². The van der Waals surface area contributed by atoms with Gasteiger partial charge in [0.1, 0.15) is 0 Å². The van der Waals surface area contributed by atoms with Gasteiger partial charge in [-0.25, -0.2) is 4.68 Å². The molecule has 0 atom stereocenters. The third-order valence-electron chi connectivity index (χ3n) is 3.77. The summed E-state index contributed by atoms with van der Waals surface area (Å²) < 4.78 is 1.90. The van der Waals surface area contributed by atoms with Crippen LogP contribution in [0.15, 0.2) is 58.1 Å². The van der Waals surface area contributed by atoms with E-state index in [1.54, 1.807) is 23.7 Å². The molecule has 3 rings (SSSR count). The quantitative estimate of drug-likeness (QED) is 0.663. The number of aryl methyl sites for hydroxylation is 2. The summed E-state index contributed by atoms with van der Waals surface area (Å²) in [6.45, 7) is 7.01. The summed E-state index contributed by atoms with van der Waals surface area (Å²) in [5.41, 5.74) is 5.57. The molecule has 2 aromatic heterocycles. The van der Waals surface area contributed by atoms with Crippen LogP contribution >= 0.6 is 11.3 Å². The monoisotopic (exact) mass is 336 g/mol. The first-order valence-corrected chi connectivity index (χ1v) is 8.81. The summed E-state index contributed by atoms with van der Waals surface area (Å²) in [5.74, 6) is 0. The highest BCUT2D eigenvalue weighted by molar-refractivity contribution is 7.07. The summed E-state index contributed by atoms with van der Waals surface area (Å²) in [7, 11) is 0. The lowest BCUT2D eigenvalue weighted by atomic mass is 10.1. The number of aromatic nitrogens is 2. The van der Waals surface area contributed by atoms with Crippen molar-refractivity contribution in [3.8, 4) is 11.3 Å². The summed E-state index contributed by atoms with van der Waals surface area (Å²) in [5, 5.41) is 6.73. The molecule has 0 aliphatic carbocycles. The highest BCUT2D eigenvalue weighted by Gasteiger charge is 2.08. The average molecular weight is 336 g/mol. The molecule has 0 saturated heterocycles. The van der Waals surface area contributed by atoms with Crippen LogP contribution in [0.2, 0.25) is 0 Å². The molecule has 0 fully saturated rings. The lowest BCUT2D eigenvalue weighted by Gasteiger charge is -2.06.